The minimum atomic E-state index is -0.513. The molecule has 0 radical (unpaired) electrons. The molecule has 0 amide bonds. The van der Waals surface area contributed by atoms with E-state index in [1.54, 1.807) is 0 Å². The Labute approximate surface area is 168 Å². The molecule has 0 spiro atoms. The first-order valence-electron chi connectivity index (χ1n) is 10.2. The van der Waals surface area contributed by atoms with Crippen molar-refractivity contribution in [2.24, 2.45) is 11.3 Å². The Kier molecular flexibility index (Phi) is 6.94. The van der Waals surface area contributed by atoms with Gasteiger partial charge in [0.2, 0.25) is 0 Å². The Morgan fingerprint density at radius 3 is 2.32 bits per heavy atom. The maximum atomic E-state index is 12.0. The maximum absolute atomic E-state index is 12.0. The van der Waals surface area contributed by atoms with Gasteiger partial charge in [0.1, 0.15) is 18.0 Å². The van der Waals surface area contributed by atoms with Crippen molar-refractivity contribution in [3.05, 3.63) is 17.0 Å². The maximum Gasteiger partial charge on any atom is 0.306 e. The number of carbonyl (C=O) groups is 2. The largest absolute Gasteiger partial charge is 0.461 e. The van der Waals surface area contributed by atoms with Crippen LogP contribution in [0.3, 0.4) is 0 Å². The van der Waals surface area contributed by atoms with E-state index in [1.165, 1.54) is 13.3 Å². The van der Waals surface area contributed by atoms with E-state index in [9.17, 15) is 9.59 Å². The molecule has 0 unspecified atom stereocenters. The van der Waals surface area contributed by atoms with E-state index >= 15 is 0 Å². The fraction of sp³-hybridized carbons (Fsp3) is 0.773. The summed E-state index contributed by atoms with van der Waals surface area (Å²) in [5.41, 5.74) is 1.30. The van der Waals surface area contributed by atoms with Gasteiger partial charge in [-0.3, -0.25) is 9.59 Å². The van der Waals surface area contributed by atoms with Crippen LogP contribution in [0.2, 0.25) is 0 Å². The lowest BCUT2D eigenvalue weighted by Gasteiger charge is -2.38. The Morgan fingerprint density at radius 2 is 1.79 bits per heavy atom. The third-order valence-corrected chi connectivity index (χ3v) is 4.81. The summed E-state index contributed by atoms with van der Waals surface area (Å²) in [6.45, 7) is 13.8. The molecule has 6 nitrogen and oxygen atoms in total. The number of esters is 2. The van der Waals surface area contributed by atoms with Crippen molar-refractivity contribution in [2.75, 3.05) is 0 Å². The van der Waals surface area contributed by atoms with E-state index in [2.05, 4.69) is 25.9 Å². The second-order valence-electron chi connectivity index (χ2n) is 10.1. The third-order valence-electron chi connectivity index (χ3n) is 4.81. The van der Waals surface area contributed by atoms with Gasteiger partial charge >= 0.3 is 11.9 Å². The number of hydrogen-bond donors (Lipinski definition) is 0. The highest BCUT2D eigenvalue weighted by molar-refractivity contribution is 5.70. The molecule has 0 N–H and O–H groups in total. The van der Waals surface area contributed by atoms with Gasteiger partial charge in [0.25, 0.3) is 0 Å². The van der Waals surface area contributed by atoms with Crippen molar-refractivity contribution >= 4 is 11.9 Å². The summed E-state index contributed by atoms with van der Waals surface area (Å²) in [5, 5.41) is 4.19. The molecular weight excluding hydrogens is 358 g/mol. The quantitative estimate of drug-likeness (QED) is 0.610. The molecular formula is C22H35NO5. The molecule has 6 heteroatoms. The molecule has 0 atom stereocenters. The summed E-state index contributed by atoms with van der Waals surface area (Å²) in [5.74, 6) is 1.18. The van der Waals surface area contributed by atoms with Crippen LogP contribution in [0.25, 0.3) is 0 Å². The zero-order valence-electron chi connectivity index (χ0n) is 18.4. The number of aromatic nitrogens is 1. The summed E-state index contributed by atoms with van der Waals surface area (Å²) < 4.78 is 16.2. The molecule has 1 heterocycles. The molecule has 0 aromatic carbocycles. The molecule has 1 fully saturated rings. The SMILES string of the molecule is CC(=O)OCc1c(CCC(=O)OC(C)(C)C)noc1[C@H]1C[C@@H](CC(C)(C)C)C1. The minimum absolute atomic E-state index is 0.137. The summed E-state index contributed by atoms with van der Waals surface area (Å²) in [6.07, 6.45) is 3.93. The van der Waals surface area contributed by atoms with Crippen molar-refractivity contribution in [3.63, 3.8) is 0 Å². The molecule has 2 rings (SSSR count). The van der Waals surface area contributed by atoms with Gasteiger partial charge in [-0.05, 0) is 51.4 Å². The van der Waals surface area contributed by atoms with Crippen LogP contribution in [0.1, 0.15) is 97.1 Å². The zero-order valence-corrected chi connectivity index (χ0v) is 18.4. The van der Waals surface area contributed by atoms with Crippen molar-refractivity contribution in [1.29, 1.82) is 0 Å². The molecule has 0 aliphatic heterocycles. The number of nitrogens with zero attached hydrogens (tertiary/aromatic N) is 1. The van der Waals surface area contributed by atoms with Crippen molar-refractivity contribution < 1.29 is 23.6 Å². The van der Waals surface area contributed by atoms with Crippen LogP contribution in [-0.4, -0.2) is 22.7 Å². The molecule has 1 saturated carbocycles. The highest BCUT2D eigenvalue weighted by Gasteiger charge is 2.37. The van der Waals surface area contributed by atoms with Crippen LogP contribution < -0.4 is 0 Å². The molecule has 1 aliphatic rings. The van der Waals surface area contributed by atoms with Gasteiger partial charge in [0.05, 0.1) is 17.7 Å². The number of ether oxygens (including phenoxy) is 2. The van der Waals surface area contributed by atoms with Gasteiger partial charge in [0.15, 0.2) is 0 Å². The summed E-state index contributed by atoms with van der Waals surface area (Å²) >= 11 is 0. The highest BCUT2D eigenvalue weighted by Crippen LogP contribution is 2.48. The van der Waals surface area contributed by atoms with E-state index in [4.69, 9.17) is 14.0 Å². The number of carbonyl (C=O) groups excluding carboxylic acids is 2. The first-order valence-corrected chi connectivity index (χ1v) is 10.2. The molecule has 1 aromatic rings. The van der Waals surface area contributed by atoms with E-state index < -0.39 is 5.60 Å². The van der Waals surface area contributed by atoms with Crippen LogP contribution in [0.15, 0.2) is 4.52 Å². The standard InChI is InChI=1S/C22H35NO5/c1-14(24)26-13-17-18(8-9-19(25)27-22(5,6)7)23-28-20(17)16-10-15(11-16)12-21(2,3)4/h15-16H,8-13H2,1-7H3/t15-,16+. The van der Waals surface area contributed by atoms with Crippen molar-refractivity contribution in [3.8, 4) is 0 Å². The molecule has 0 bridgehead atoms. The molecule has 28 heavy (non-hydrogen) atoms. The van der Waals surface area contributed by atoms with Crippen LogP contribution in [0.5, 0.6) is 0 Å². The van der Waals surface area contributed by atoms with Crippen LogP contribution in [-0.2, 0) is 32.1 Å². The Balaban J connectivity index is 2.04. The monoisotopic (exact) mass is 393 g/mol. The lowest BCUT2D eigenvalue weighted by molar-refractivity contribution is -0.154. The predicted octanol–water partition coefficient (Wildman–Crippen LogP) is 4.94. The Hall–Kier alpha value is -1.85. The van der Waals surface area contributed by atoms with E-state index in [0.29, 0.717) is 29.4 Å². The summed E-state index contributed by atoms with van der Waals surface area (Å²) in [4.78, 5) is 23.3. The average Bonchev–Trinajstić information content (AvgIpc) is 2.86. The number of hydrogen-bond acceptors (Lipinski definition) is 6. The lowest BCUT2D eigenvalue weighted by Crippen LogP contribution is -2.26. The van der Waals surface area contributed by atoms with Gasteiger partial charge in [-0.2, -0.15) is 0 Å². The lowest BCUT2D eigenvalue weighted by atomic mass is 9.67. The van der Waals surface area contributed by atoms with E-state index in [-0.39, 0.29) is 25.0 Å². The smallest absolute Gasteiger partial charge is 0.306 e. The first kappa shape index (κ1) is 22.4. The molecule has 1 aliphatic carbocycles. The number of rotatable bonds is 7. The fourth-order valence-corrected chi connectivity index (χ4v) is 3.80. The van der Waals surface area contributed by atoms with Crippen molar-refractivity contribution in [2.45, 2.75) is 98.7 Å². The van der Waals surface area contributed by atoms with Gasteiger partial charge < -0.3 is 14.0 Å². The fourth-order valence-electron chi connectivity index (χ4n) is 3.80. The van der Waals surface area contributed by atoms with Gasteiger partial charge in [-0.15, -0.1) is 0 Å². The summed E-state index contributed by atoms with van der Waals surface area (Å²) in [6, 6.07) is 0. The minimum Gasteiger partial charge on any atom is -0.461 e. The van der Waals surface area contributed by atoms with Crippen LogP contribution in [0.4, 0.5) is 0 Å². The Morgan fingerprint density at radius 1 is 1.14 bits per heavy atom. The number of aryl methyl sites for hydroxylation is 1. The van der Waals surface area contributed by atoms with Crippen LogP contribution >= 0.6 is 0 Å². The third kappa shape index (κ3) is 6.95. The molecule has 0 saturated heterocycles. The predicted molar refractivity (Wildman–Crippen MR) is 106 cm³/mol. The average molecular weight is 394 g/mol. The van der Waals surface area contributed by atoms with E-state index in [1.807, 2.05) is 20.8 Å². The summed E-state index contributed by atoms with van der Waals surface area (Å²) in [7, 11) is 0. The van der Waals surface area contributed by atoms with E-state index in [0.717, 1.165) is 24.2 Å². The highest BCUT2D eigenvalue weighted by atomic mass is 16.6. The molecule has 1 aromatic heterocycles. The topological polar surface area (TPSA) is 78.6 Å². The normalized spacial score (nSPS) is 19.8. The Bertz CT molecular complexity index is 687. The zero-order chi connectivity index (χ0) is 21.1. The van der Waals surface area contributed by atoms with Crippen LogP contribution in [0, 0.1) is 11.3 Å². The first-order chi connectivity index (χ1) is 12.8. The second kappa shape index (κ2) is 8.66. The second-order valence-corrected chi connectivity index (χ2v) is 10.1. The van der Waals surface area contributed by atoms with Gasteiger partial charge in [-0.25, -0.2) is 0 Å². The van der Waals surface area contributed by atoms with Gasteiger partial charge in [0, 0.05) is 19.3 Å². The van der Waals surface area contributed by atoms with Crippen molar-refractivity contribution in [1.82, 2.24) is 5.16 Å². The van der Waals surface area contributed by atoms with Gasteiger partial charge in [-0.1, -0.05) is 25.9 Å². The molecule has 158 valence electrons.